The molecule has 0 radical (unpaired) electrons. The van der Waals surface area contributed by atoms with Crippen LogP contribution in [0.1, 0.15) is 76.2 Å². The Morgan fingerprint density at radius 2 is 1.17 bits per heavy atom. The Balaban J connectivity index is 3.53. The third-order valence-electron chi connectivity index (χ3n) is 5.00. The van der Waals surface area contributed by atoms with Crippen LogP contribution in [0.25, 0.3) is 0 Å². The second-order valence-corrected chi connectivity index (χ2v) is 12.0. The fourth-order valence-corrected chi connectivity index (χ4v) is 2.96. The molecule has 0 aromatic heterocycles. The minimum Gasteiger partial charge on any atom is -0.462 e. The zero-order valence-corrected chi connectivity index (χ0v) is 23.2. The lowest BCUT2D eigenvalue weighted by Gasteiger charge is -2.45. The van der Waals surface area contributed by atoms with Crippen LogP contribution in [0.2, 0.25) is 0 Å². The van der Waals surface area contributed by atoms with Gasteiger partial charge in [-0.15, -0.1) is 0 Å². The summed E-state index contributed by atoms with van der Waals surface area (Å²) in [5.74, 6) is -3.12. The molecule has 5 atom stereocenters. The summed E-state index contributed by atoms with van der Waals surface area (Å²) in [6.07, 6.45) is -5.24. The lowest BCUT2D eigenvalue weighted by molar-refractivity contribution is -0.276. The van der Waals surface area contributed by atoms with Crippen LogP contribution >= 0.6 is 0 Å². The lowest BCUT2D eigenvalue weighted by atomic mass is 9.93. The number of carbonyl (C=O) groups excluding carboxylic acids is 5. The molecule has 1 rings (SSSR count). The number of amides is 1. The van der Waals surface area contributed by atoms with E-state index in [0.717, 1.165) is 6.92 Å². The first-order valence-corrected chi connectivity index (χ1v) is 11.8. The normalized spacial score (nSPS) is 24.8. The Kier molecular flexibility index (Phi) is 10.1. The highest BCUT2D eigenvalue weighted by Crippen LogP contribution is 2.31. The number of rotatable bonds is 6. The fraction of sp³-hybridized carbons (Fsp3) is 0.800. The fourth-order valence-electron chi connectivity index (χ4n) is 2.96. The van der Waals surface area contributed by atoms with E-state index in [9.17, 15) is 24.0 Å². The first-order valence-electron chi connectivity index (χ1n) is 11.8. The molecule has 0 aromatic rings. The van der Waals surface area contributed by atoms with Crippen molar-refractivity contribution in [2.75, 3.05) is 6.61 Å². The molecule has 1 fully saturated rings. The number of hydrogen-bond acceptors (Lipinski definition) is 10. The maximum atomic E-state index is 12.8. The molecule has 11 heteroatoms. The topological polar surface area (TPSA) is 144 Å². The third-order valence-corrected chi connectivity index (χ3v) is 5.00. The molecule has 1 saturated heterocycles. The molecule has 0 aromatic carbocycles. The van der Waals surface area contributed by atoms with Gasteiger partial charge in [-0.1, -0.05) is 0 Å². The Labute approximate surface area is 212 Å². The van der Waals surface area contributed by atoms with Crippen molar-refractivity contribution in [3.8, 4) is 0 Å². The van der Waals surface area contributed by atoms with Gasteiger partial charge in [0.2, 0.25) is 12.2 Å². The van der Waals surface area contributed by atoms with Crippen LogP contribution in [0.3, 0.4) is 0 Å². The molecule has 0 saturated carbocycles. The van der Waals surface area contributed by atoms with Crippen molar-refractivity contribution >= 4 is 29.8 Å². The Hall–Kier alpha value is -2.69. The minimum absolute atomic E-state index is 0.397. The number of esters is 4. The molecule has 0 aliphatic carbocycles. The van der Waals surface area contributed by atoms with Crippen molar-refractivity contribution in [1.29, 1.82) is 0 Å². The van der Waals surface area contributed by atoms with E-state index in [2.05, 4.69) is 5.32 Å². The van der Waals surface area contributed by atoms with E-state index in [1.807, 2.05) is 0 Å². The summed E-state index contributed by atoms with van der Waals surface area (Å²) in [6, 6.07) is -1.22. The molecular formula is C25H41NO10. The molecule has 1 N–H and O–H groups in total. The van der Waals surface area contributed by atoms with Gasteiger partial charge in [-0.2, -0.15) is 0 Å². The Morgan fingerprint density at radius 1 is 0.694 bits per heavy atom. The van der Waals surface area contributed by atoms with Crippen molar-refractivity contribution in [3.63, 3.8) is 0 Å². The average Bonchev–Trinajstić information content (AvgIpc) is 2.67. The second-order valence-electron chi connectivity index (χ2n) is 12.0. The molecule has 11 nitrogen and oxygen atoms in total. The van der Waals surface area contributed by atoms with Gasteiger partial charge in [-0.05, 0) is 62.3 Å². The third kappa shape index (κ3) is 9.07. The van der Waals surface area contributed by atoms with Crippen LogP contribution in [-0.2, 0) is 47.7 Å². The molecule has 0 bridgehead atoms. The average molecular weight is 516 g/mol. The standard InChI is InChI=1S/C25H41NO10/c1-13(27)26-16-18(33-14(2)28)17(35-21(30)24(6,7)8)15(12-32-20(29)23(3,4)5)34-19(16)36-22(31)25(9,10)11/h15-19H,12H2,1-11H3,(H,26,27)/t15-,16-,17+,18-,19+/m1/s1. The van der Waals surface area contributed by atoms with Crippen LogP contribution < -0.4 is 5.32 Å². The second kappa shape index (κ2) is 11.6. The van der Waals surface area contributed by atoms with Gasteiger partial charge in [0, 0.05) is 13.8 Å². The van der Waals surface area contributed by atoms with Crippen LogP contribution in [0, 0.1) is 16.2 Å². The Bertz CT molecular complexity index is 846. The van der Waals surface area contributed by atoms with E-state index in [1.54, 1.807) is 62.3 Å². The molecule has 0 unspecified atom stereocenters. The number of nitrogens with one attached hydrogen (secondary N) is 1. The summed E-state index contributed by atoms with van der Waals surface area (Å²) >= 11 is 0. The maximum absolute atomic E-state index is 12.8. The Morgan fingerprint density at radius 3 is 1.58 bits per heavy atom. The number of ether oxygens (including phenoxy) is 5. The van der Waals surface area contributed by atoms with Crippen LogP contribution in [0.4, 0.5) is 0 Å². The van der Waals surface area contributed by atoms with E-state index in [-0.39, 0.29) is 0 Å². The molecule has 206 valence electrons. The molecule has 36 heavy (non-hydrogen) atoms. The monoisotopic (exact) mass is 515 g/mol. The van der Waals surface area contributed by atoms with Crippen molar-refractivity contribution in [2.45, 2.75) is 107 Å². The zero-order chi connectivity index (χ0) is 28.2. The summed E-state index contributed by atoms with van der Waals surface area (Å²) in [6.45, 7) is 16.8. The lowest BCUT2D eigenvalue weighted by Crippen LogP contribution is -2.67. The first kappa shape index (κ1) is 31.3. The molecular weight excluding hydrogens is 474 g/mol. The minimum atomic E-state index is -1.44. The van der Waals surface area contributed by atoms with E-state index in [1.165, 1.54) is 6.92 Å². The van der Waals surface area contributed by atoms with Gasteiger partial charge in [0.05, 0.1) is 16.2 Å². The predicted molar refractivity (Wildman–Crippen MR) is 127 cm³/mol. The highest BCUT2D eigenvalue weighted by Gasteiger charge is 2.53. The number of hydrogen-bond donors (Lipinski definition) is 1. The summed E-state index contributed by atoms with van der Waals surface area (Å²) in [7, 11) is 0. The molecule has 1 heterocycles. The highest BCUT2D eigenvalue weighted by atomic mass is 16.7. The van der Waals surface area contributed by atoms with E-state index in [4.69, 9.17) is 23.7 Å². The first-order chi connectivity index (χ1) is 16.1. The van der Waals surface area contributed by atoms with Gasteiger partial charge in [-0.3, -0.25) is 24.0 Å². The molecule has 1 aliphatic heterocycles. The SMILES string of the molecule is CC(=O)N[C@H]1[C@H](OC(=O)C(C)(C)C)O[C@H](COC(=O)C(C)(C)C)[C@H](OC(=O)C(C)(C)C)[C@@H]1OC(C)=O. The van der Waals surface area contributed by atoms with Crippen molar-refractivity contribution in [1.82, 2.24) is 5.32 Å². The molecule has 1 amide bonds. The highest BCUT2D eigenvalue weighted by molar-refractivity contribution is 5.77. The van der Waals surface area contributed by atoms with Crippen LogP contribution in [0.15, 0.2) is 0 Å². The van der Waals surface area contributed by atoms with Crippen LogP contribution in [-0.4, -0.2) is 67.0 Å². The van der Waals surface area contributed by atoms with E-state index >= 15 is 0 Å². The van der Waals surface area contributed by atoms with Crippen molar-refractivity contribution in [2.24, 2.45) is 16.2 Å². The number of carbonyl (C=O) groups is 5. The molecule has 1 aliphatic rings. The molecule has 0 spiro atoms. The van der Waals surface area contributed by atoms with Gasteiger partial charge < -0.3 is 29.0 Å². The maximum Gasteiger partial charge on any atom is 0.313 e. The van der Waals surface area contributed by atoms with Gasteiger partial charge in [-0.25, -0.2) is 0 Å². The van der Waals surface area contributed by atoms with Gasteiger partial charge in [0.25, 0.3) is 0 Å². The van der Waals surface area contributed by atoms with Gasteiger partial charge in [0.1, 0.15) is 18.8 Å². The van der Waals surface area contributed by atoms with Gasteiger partial charge in [0.15, 0.2) is 12.2 Å². The van der Waals surface area contributed by atoms with Crippen LogP contribution in [0.5, 0.6) is 0 Å². The van der Waals surface area contributed by atoms with E-state index < -0.39 is 83.3 Å². The van der Waals surface area contributed by atoms with Gasteiger partial charge >= 0.3 is 23.9 Å². The largest absolute Gasteiger partial charge is 0.462 e. The summed E-state index contributed by atoms with van der Waals surface area (Å²) in [5.41, 5.74) is -2.70. The van der Waals surface area contributed by atoms with Crippen molar-refractivity contribution < 1.29 is 47.7 Å². The smallest absolute Gasteiger partial charge is 0.313 e. The predicted octanol–water partition coefficient (Wildman–Crippen LogP) is 2.28. The summed E-state index contributed by atoms with van der Waals surface area (Å²) in [4.78, 5) is 62.1. The summed E-state index contributed by atoms with van der Waals surface area (Å²) < 4.78 is 28.1. The quantitative estimate of drug-likeness (QED) is 0.413. The van der Waals surface area contributed by atoms with E-state index in [0.29, 0.717) is 0 Å². The van der Waals surface area contributed by atoms with Crippen molar-refractivity contribution in [3.05, 3.63) is 0 Å². The summed E-state index contributed by atoms with van der Waals surface area (Å²) in [5, 5.41) is 2.58. The zero-order valence-electron chi connectivity index (χ0n) is 23.2.